The number of rotatable bonds is 7. The van der Waals surface area contributed by atoms with E-state index < -0.39 is 12.3 Å². The minimum atomic E-state index is -2.80. The number of hydrogen-bond acceptors (Lipinski definition) is 5. The van der Waals surface area contributed by atoms with E-state index in [-0.39, 0.29) is 16.9 Å². The molecule has 0 fully saturated rings. The summed E-state index contributed by atoms with van der Waals surface area (Å²) in [5.74, 6) is 0.209. The number of benzene rings is 2. The number of ether oxygens (including phenoxy) is 1. The molecule has 0 atom stereocenters. The highest BCUT2D eigenvalue weighted by molar-refractivity contribution is 6.08. The number of fused-ring (bicyclic) bond motifs is 1. The first-order valence-electron chi connectivity index (χ1n) is 10.7. The molecule has 35 heavy (non-hydrogen) atoms. The Balaban J connectivity index is 1.42. The van der Waals surface area contributed by atoms with Crippen LogP contribution in [0, 0.1) is 0 Å². The predicted octanol–water partition coefficient (Wildman–Crippen LogP) is 4.84. The largest absolute Gasteiger partial charge is 0.497 e. The highest BCUT2D eigenvalue weighted by atomic mass is 19.3. The average Bonchev–Trinajstić information content (AvgIpc) is 3.50. The molecule has 10 heteroatoms. The number of halogens is 2. The summed E-state index contributed by atoms with van der Waals surface area (Å²) in [6.07, 6.45) is 1.63. The quantitative estimate of drug-likeness (QED) is 0.365. The number of nitrogens with one attached hydrogen (secondary N) is 1. The fourth-order valence-corrected chi connectivity index (χ4v) is 3.73. The van der Waals surface area contributed by atoms with Crippen LogP contribution >= 0.6 is 0 Å². The van der Waals surface area contributed by atoms with Gasteiger partial charge in [0.1, 0.15) is 17.0 Å². The molecule has 1 N–H and O–H groups in total. The first-order valence-corrected chi connectivity index (χ1v) is 10.7. The SMILES string of the molecule is COc1cccc(Cn2cc(NC(=O)c3cnn4c(C(F)F)cc(-c5ccccc5)nc34)cn2)c1. The third kappa shape index (κ3) is 4.58. The molecule has 1 amide bonds. The van der Waals surface area contributed by atoms with Crippen LogP contribution in [0.3, 0.4) is 0 Å². The van der Waals surface area contributed by atoms with Crippen molar-refractivity contribution in [1.29, 1.82) is 0 Å². The van der Waals surface area contributed by atoms with Crippen LogP contribution in [0.2, 0.25) is 0 Å². The lowest BCUT2D eigenvalue weighted by molar-refractivity contribution is 0.102. The van der Waals surface area contributed by atoms with E-state index in [0.717, 1.165) is 15.8 Å². The summed E-state index contributed by atoms with van der Waals surface area (Å²) in [4.78, 5) is 17.5. The Kier molecular flexibility index (Phi) is 5.92. The lowest BCUT2D eigenvalue weighted by Gasteiger charge is -2.08. The molecule has 0 aliphatic carbocycles. The Morgan fingerprint density at radius 3 is 2.66 bits per heavy atom. The topological polar surface area (TPSA) is 86.3 Å². The van der Waals surface area contributed by atoms with Gasteiger partial charge in [-0.1, -0.05) is 42.5 Å². The Morgan fingerprint density at radius 2 is 1.89 bits per heavy atom. The maximum Gasteiger partial charge on any atom is 0.280 e. The summed E-state index contributed by atoms with van der Waals surface area (Å²) in [7, 11) is 1.60. The van der Waals surface area contributed by atoms with Crippen LogP contribution in [0.4, 0.5) is 14.5 Å². The number of aromatic nitrogens is 5. The number of carbonyl (C=O) groups is 1. The van der Waals surface area contributed by atoms with E-state index in [1.807, 2.05) is 30.3 Å². The van der Waals surface area contributed by atoms with Crippen LogP contribution in [0.25, 0.3) is 16.9 Å². The predicted molar refractivity (Wildman–Crippen MR) is 126 cm³/mol. The second-order valence-corrected chi connectivity index (χ2v) is 7.76. The molecule has 5 aromatic rings. The number of amides is 1. The van der Waals surface area contributed by atoms with Crippen molar-refractivity contribution in [2.45, 2.75) is 13.0 Å². The summed E-state index contributed by atoms with van der Waals surface area (Å²) in [5.41, 5.74) is 2.18. The fraction of sp³-hybridized carbons (Fsp3) is 0.120. The molecule has 0 radical (unpaired) electrons. The summed E-state index contributed by atoms with van der Waals surface area (Å²) >= 11 is 0. The van der Waals surface area contributed by atoms with Gasteiger partial charge in [0.05, 0.1) is 37.4 Å². The zero-order valence-electron chi connectivity index (χ0n) is 18.6. The lowest BCUT2D eigenvalue weighted by Crippen LogP contribution is -2.12. The van der Waals surface area contributed by atoms with Crippen molar-refractivity contribution in [2.75, 3.05) is 12.4 Å². The Labute approximate surface area is 198 Å². The maximum absolute atomic E-state index is 13.8. The monoisotopic (exact) mass is 474 g/mol. The molecule has 0 aliphatic rings. The van der Waals surface area contributed by atoms with Crippen LogP contribution in [-0.4, -0.2) is 37.4 Å². The van der Waals surface area contributed by atoms with Crippen LogP contribution < -0.4 is 10.1 Å². The molecule has 5 rings (SSSR count). The molecule has 2 aromatic carbocycles. The second kappa shape index (κ2) is 9.34. The summed E-state index contributed by atoms with van der Waals surface area (Å²) in [6.45, 7) is 0.476. The Hall–Kier alpha value is -4.60. The molecule has 0 spiro atoms. The molecule has 0 aliphatic heterocycles. The fourth-order valence-electron chi connectivity index (χ4n) is 3.73. The molecule has 0 unspecified atom stereocenters. The first kappa shape index (κ1) is 22.2. The molecule has 8 nitrogen and oxygen atoms in total. The third-order valence-electron chi connectivity index (χ3n) is 5.41. The van der Waals surface area contributed by atoms with Crippen LogP contribution in [0.15, 0.2) is 79.3 Å². The zero-order chi connectivity index (χ0) is 24.4. The Bertz CT molecular complexity index is 1500. The molecular weight excluding hydrogens is 454 g/mol. The van der Waals surface area contributed by atoms with E-state index in [1.54, 1.807) is 42.3 Å². The van der Waals surface area contributed by atoms with Gasteiger partial charge in [0.2, 0.25) is 0 Å². The van der Waals surface area contributed by atoms with Gasteiger partial charge < -0.3 is 10.1 Å². The zero-order valence-corrected chi connectivity index (χ0v) is 18.6. The summed E-state index contributed by atoms with van der Waals surface area (Å²) in [5, 5.41) is 11.0. The van der Waals surface area contributed by atoms with E-state index in [9.17, 15) is 13.6 Å². The van der Waals surface area contributed by atoms with Crippen molar-refractivity contribution in [3.8, 4) is 17.0 Å². The summed E-state index contributed by atoms with van der Waals surface area (Å²) < 4.78 is 35.4. The average molecular weight is 474 g/mol. The van der Waals surface area contributed by atoms with Gasteiger partial charge in [-0.05, 0) is 23.8 Å². The first-order chi connectivity index (χ1) is 17.0. The van der Waals surface area contributed by atoms with Gasteiger partial charge in [0, 0.05) is 11.8 Å². The number of carbonyl (C=O) groups excluding carboxylic acids is 1. The van der Waals surface area contributed by atoms with Gasteiger partial charge in [0.15, 0.2) is 5.65 Å². The number of hydrogen-bond donors (Lipinski definition) is 1. The van der Waals surface area contributed by atoms with Gasteiger partial charge in [0.25, 0.3) is 12.3 Å². The van der Waals surface area contributed by atoms with Crippen molar-refractivity contribution >= 4 is 17.2 Å². The Morgan fingerprint density at radius 1 is 1.06 bits per heavy atom. The van der Waals surface area contributed by atoms with Gasteiger partial charge in [-0.25, -0.2) is 18.3 Å². The minimum absolute atomic E-state index is 0.0444. The number of anilines is 1. The van der Waals surface area contributed by atoms with Crippen molar-refractivity contribution in [1.82, 2.24) is 24.4 Å². The third-order valence-corrected chi connectivity index (χ3v) is 5.41. The van der Waals surface area contributed by atoms with Gasteiger partial charge in [-0.15, -0.1) is 0 Å². The van der Waals surface area contributed by atoms with Gasteiger partial charge in [-0.2, -0.15) is 10.2 Å². The molecular formula is C25H20F2N6O2. The molecule has 0 bridgehead atoms. The van der Waals surface area contributed by atoms with E-state index in [0.29, 0.717) is 23.5 Å². The van der Waals surface area contributed by atoms with E-state index in [1.165, 1.54) is 18.5 Å². The summed E-state index contributed by atoms with van der Waals surface area (Å²) in [6, 6.07) is 17.8. The second-order valence-electron chi connectivity index (χ2n) is 7.76. The number of alkyl halides is 2. The minimum Gasteiger partial charge on any atom is -0.497 e. The van der Waals surface area contributed by atoms with E-state index in [4.69, 9.17) is 4.74 Å². The van der Waals surface area contributed by atoms with Crippen LogP contribution in [-0.2, 0) is 6.54 Å². The van der Waals surface area contributed by atoms with Gasteiger partial charge >= 0.3 is 0 Å². The number of nitrogens with zero attached hydrogens (tertiary/aromatic N) is 5. The molecule has 3 heterocycles. The van der Waals surface area contributed by atoms with E-state index in [2.05, 4.69) is 20.5 Å². The molecule has 0 saturated carbocycles. The highest BCUT2D eigenvalue weighted by Crippen LogP contribution is 2.27. The van der Waals surface area contributed by atoms with Crippen molar-refractivity contribution < 1.29 is 18.3 Å². The molecule has 3 aromatic heterocycles. The highest BCUT2D eigenvalue weighted by Gasteiger charge is 2.22. The normalized spacial score (nSPS) is 11.2. The van der Waals surface area contributed by atoms with Crippen LogP contribution in [0.5, 0.6) is 5.75 Å². The van der Waals surface area contributed by atoms with Crippen molar-refractivity contribution in [3.63, 3.8) is 0 Å². The number of methoxy groups -OCH3 is 1. The molecule has 0 saturated heterocycles. The van der Waals surface area contributed by atoms with E-state index >= 15 is 0 Å². The smallest absolute Gasteiger partial charge is 0.280 e. The maximum atomic E-state index is 13.8. The van der Waals surface area contributed by atoms with Crippen LogP contribution in [0.1, 0.15) is 28.0 Å². The standard InChI is InChI=1S/C25H20F2N6O2/c1-35-19-9-5-6-16(10-19)14-32-15-18(12-28-32)30-25(34)20-13-29-33-22(23(26)27)11-21(31-24(20)33)17-7-3-2-4-8-17/h2-13,15,23H,14H2,1H3,(H,30,34). The molecule has 176 valence electrons. The lowest BCUT2D eigenvalue weighted by atomic mass is 10.1. The van der Waals surface area contributed by atoms with Gasteiger partial charge in [-0.3, -0.25) is 9.48 Å². The van der Waals surface area contributed by atoms with Crippen molar-refractivity contribution in [3.05, 3.63) is 96.1 Å². The van der Waals surface area contributed by atoms with Crippen molar-refractivity contribution in [2.24, 2.45) is 0 Å².